The fourth-order valence-corrected chi connectivity index (χ4v) is 2.72. The van der Waals surface area contributed by atoms with Gasteiger partial charge in [0.2, 0.25) is 0 Å². The second-order valence-electron chi connectivity index (χ2n) is 4.82. The van der Waals surface area contributed by atoms with Gasteiger partial charge in [-0.25, -0.2) is 0 Å². The standard InChI is InChI=1S/C14H16N2O.C2H6/c1-8-14-11(7-13(15-8)9(2)17)10-5-3-4-6-12(10)16-14;1-2/h3-6,8,13,15-16H,7H2,1-2H3;1-2H3. The van der Waals surface area contributed by atoms with Crippen molar-refractivity contribution in [2.75, 3.05) is 0 Å². The van der Waals surface area contributed by atoms with Gasteiger partial charge in [0.05, 0.1) is 6.04 Å². The lowest BCUT2D eigenvalue weighted by molar-refractivity contribution is -0.119. The van der Waals surface area contributed by atoms with Gasteiger partial charge in [-0.2, -0.15) is 0 Å². The van der Waals surface area contributed by atoms with Crippen molar-refractivity contribution in [2.45, 2.75) is 46.2 Å². The number of hydrogen-bond acceptors (Lipinski definition) is 2. The Bertz CT molecular complexity index is 585. The average Bonchev–Trinajstić information content (AvgIpc) is 2.80. The monoisotopic (exact) mass is 258 g/mol. The summed E-state index contributed by atoms with van der Waals surface area (Å²) in [7, 11) is 0. The Kier molecular flexibility index (Phi) is 4.05. The van der Waals surface area contributed by atoms with Crippen LogP contribution in [0.15, 0.2) is 24.3 Å². The van der Waals surface area contributed by atoms with Crippen molar-refractivity contribution in [3.63, 3.8) is 0 Å². The van der Waals surface area contributed by atoms with Crippen molar-refractivity contribution in [2.24, 2.45) is 0 Å². The van der Waals surface area contributed by atoms with Crippen LogP contribution in [-0.2, 0) is 11.2 Å². The Hall–Kier alpha value is -1.61. The highest BCUT2D eigenvalue weighted by atomic mass is 16.1. The third-order valence-electron chi connectivity index (χ3n) is 3.63. The van der Waals surface area contributed by atoms with Crippen molar-refractivity contribution in [3.05, 3.63) is 35.5 Å². The zero-order valence-electron chi connectivity index (χ0n) is 12.1. The van der Waals surface area contributed by atoms with Crippen LogP contribution in [0.3, 0.4) is 0 Å². The van der Waals surface area contributed by atoms with Gasteiger partial charge in [-0.3, -0.25) is 10.1 Å². The minimum Gasteiger partial charge on any atom is -0.357 e. The fourth-order valence-electron chi connectivity index (χ4n) is 2.72. The molecule has 0 spiro atoms. The smallest absolute Gasteiger partial charge is 0.147 e. The molecular weight excluding hydrogens is 236 g/mol. The van der Waals surface area contributed by atoms with Crippen molar-refractivity contribution in [1.29, 1.82) is 0 Å². The van der Waals surface area contributed by atoms with E-state index in [9.17, 15) is 4.79 Å². The molecule has 0 saturated heterocycles. The molecule has 1 aromatic heterocycles. The normalized spacial score (nSPS) is 21.5. The number of rotatable bonds is 1. The maximum Gasteiger partial charge on any atom is 0.147 e. The topological polar surface area (TPSA) is 44.9 Å². The zero-order valence-corrected chi connectivity index (χ0v) is 12.1. The van der Waals surface area contributed by atoms with Crippen LogP contribution < -0.4 is 5.32 Å². The third kappa shape index (κ3) is 2.43. The van der Waals surface area contributed by atoms with Crippen LogP contribution in [0.25, 0.3) is 10.9 Å². The van der Waals surface area contributed by atoms with E-state index in [2.05, 4.69) is 29.4 Å². The molecular formula is C16H22N2O. The largest absolute Gasteiger partial charge is 0.357 e. The van der Waals surface area contributed by atoms with Gasteiger partial charge in [0, 0.05) is 22.6 Å². The number of H-pyrrole nitrogens is 1. The van der Waals surface area contributed by atoms with Gasteiger partial charge in [-0.05, 0) is 31.9 Å². The van der Waals surface area contributed by atoms with Crippen LogP contribution in [-0.4, -0.2) is 16.8 Å². The number of fused-ring (bicyclic) bond motifs is 3. The molecule has 2 unspecified atom stereocenters. The molecule has 19 heavy (non-hydrogen) atoms. The lowest BCUT2D eigenvalue weighted by atomic mass is 9.93. The molecule has 0 saturated carbocycles. The molecule has 0 bridgehead atoms. The molecule has 2 atom stereocenters. The Morgan fingerprint density at radius 3 is 2.63 bits per heavy atom. The summed E-state index contributed by atoms with van der Waals surface area (Å²) in [6.07, 6.45) is 0.791. The molecule has 3 rings (SSSR count). The zero-order chi connectivity index (χ0) is 14.0. The number of nitrogens with one attached hydrogen (secondary N) is 2. The predicted octanol–water partition coefficient (Wildman–Crippen LogP) is 3.36. The van der Waals surface area contributed by atoms with Crippen LogP contribution in [0, 0.1) is 0 Å². The maximum absolute atomic E-state index is 11.5. The Labute approximate surface area is 114 Å². The molecule has 0 fully saturated rings. The number of benzene rings is 1. The highest BCUT2D eigenvalue weighted by molar-refractivity contribution is 5.88. The summed E-state index contributed by atoms with van der Waals surface area (Å²) in [6.45, 7) is 7.76. The van der Waals surface area contributed by atoms with E-state index in [-0.39, 0.29) is 17.9 Å². The quantitative estimate of drug-likeness (QED) is 0.824. The first-order chi connectivity index (χ1) is 9.16. The van der Waals surface area contributed by atoms with Crippen LogP contribution in [0.4, 0.5) is 0 Å². The first-order valence-corrected chi connectivity index (χ1v) is 7.03. The van der Waals surface area contributed by atoms with Gasteiger partial charge in [0.25, 0.3) is 0 Å². The van der Waals surface area contributed by atoms with Gasteiger partial charge in [-0.15, -0.1) is 0 Å². The molecule has 3 nitrogen and oxygen atoms in total. The predicted molar refractivity (Wildman–Crippen MR) is 79.4 cm³/mol. The molecule has 3 heteroatoms. The first-order valence-electron chi connectivity index (χ1n) is 7.03. The lowest BCUT2D eigenvalue weighted by Gasteiger charge is -2.27. The minimum atomic E-state index is -0.0447. The Balaban J connectivity index is 0.000000637. The molecule has 1 aliphatic rings. The van der Waals surface area contributed by atoms with Crippen molar-refractivity contribution < 1.29 is 4.79 Å². The molecule has 1 aromatic carbocycles. The second kappa shape index (κ2) is 5.57. The summed E-state index contributed by atoms with van der Waals surface area (Å²) in [4.78, 5) is 15.0. The van der Waals surface area contributed by atoms with Crippen LogP contribution >= 0.6 is 0 Å². The number of Topliss-reactive ketones (excluding diaryl/α,β-unsaturated/α-hetero) is 1. The number of aromatic nitrogens is 1. The molecule has 2 aromatic rings. The summed E-state index contributed by atoms with van der Waals surface area (Å²) >= 11 is 0. The van der Waals surface area contributed by atoms with E-state index in [1.54, 1.807) is 6.92 Å². The molecule has 1 aliphatic heterocycles. The Morgan fingerprint density at radius 1 is 1.26 bits per heavy atom. The minimum absolute atomic E-state index is 0.0447. The number of para-hydroxylation sites is 1. The highest BCUT2D eigenvalue weighted by Crippen LogP contribution is 2.31. The number of carbonyl (C=O) groups is 1. The summed E-state index contributed by atoms with van der Waals surface area (Å²) in [5, 5.41) is 4.60. The molecule has 2 heterocycles. The van der Waals surface area contributed by atoms with Crippen molar-refractivity contribution in [3.8, 4) is 0 Å². The maximum atomic E-state index is 11.5. The van der Waals surface area contributed by atoms with Crippen molar-refractivity contribution >= 4 is 16.7 Å². The van der Waals surface area contributed by atoms with Gasteiger partial charge in [-0.1, -0.05) is 32.0 Å². The van der Waals surface area contributed by atoms with Gasteiger partial charge >= 0.3 is 0 Å². The van der Waals surface area contributed by atoms with E-state index < -0.39 is 0 Å². The number of aromatic amines is 1. The molecule has 0 radical (unpaired) electrons. The second-order valence-corrected chi connectivity index (χ2v) is 4.82. The number of carbonyl (C=O) groups excluding carboxylic acids is 1. The van der Waals surface area contributed by atoms with E-state index in [0.717, 1.165) is 11.9 Å². The third-order valence-corrected chi connectivity index (χ3v) is 3.63. The van der Waals surface area contributed by atoms with E-state index in [1.807, 2.05) is 26.0 Å². The lowest BCUT2D eigenvalue weighted by Crippen LogP contribution is -2.42. The van der Waals surface area contributed by atoms with Gasteiger partial charge in [0.15, 0.2) is 0 Å². The van der Waals surface area contributed by atoms with Gasteiger partial charge < -0.3 is 4.98 Å². The SMILES string of the molecule is CC.CC(=O)C1Cc2c([nH]c3ccccc23)C(C)N1. The van der Waals surface area contributed by atoms with Crippen molar-refractivity contribution in [1.82, 2.24) is 10.3 Å². The molecule has 0 amide bonds. The molecule has 0 aliphatic carbocycles. The van der Waals surface area contributed by atoms with Crippen LogP contribution in [0.2, 0.25) is 0 Å². The highest BCUT2D eigenvalue weighted by Gasteiger charge is 2.28. The summed E-state index contributed by atoms with van der Waals surface area (Å²) < 4.78 is 0. The van der Waals surface area contributed by atoms with Gasteiger partial charge in [0.1, 0.15) is 5.78 Å². The van der Waals surface area contributed by atoms with E-state index in [0.29, 0.717) is 0 Å². The summed E-state index contributed by atoms with van der Waals surface area (Å²) in [6, 6.07) is 8.46. The average molecular weight is 258 g/mol. The van der Waals surface area contributed by atoms with E-state index in [4.69, 9.17) is 0 Å². The number of hydrogen-bond donors (Lipinski definition) is 2. The van der Waals surface area contributed by atoms with Crippen LogP contribution in [0.1, 0.15) is 45.0 Å². The van der Waals surface area contributed by atoms with E-state index >= 15 is 0 Å². The summed E-state index contributed by atoms with van der Waals surface area (Å²) in [5.41, 5.74) is 3.69. The number of ketones is 1. The molecule has 102 valence electrons. The fraction of sp³-hybridized carbons (Fsp3) is 0.438. The Morgan fingerprint density at radius 2 is 1.95 bits per heavy atom. The van der Waals surface area contributed by atoms with E-state index in [1.165, 1.54) is 16.6 Å². The molecule has 2 N–H and O–H groups in total. The summed E-state index contributed by atoms with van der Waals surface area (Å²) in [5.74, 6) is 0.216. The first kappa shape index (κ1) is 13.8. The van der Waals surface area contributed by atoms with Crippen LogP contribution in [0.5, 0.6) is 0 Å².